The zero-order valence-electron chi connectivity index (χ0n) is 15.7. The molecular weight excluding hydrogens is 310 g/mol. The van der Waals surface area contributed by atoms with Gasteiger partial charge in [0.2, 0.25) is 0 Å². The summed E-state index contributed by atoms with van der Waals surface area (Å²) in [6.07, 6.45) is 6.23. The summed E-state index contributed by atoms with van der Waals surface area (Å²) in [5.74, 6) is 0.118. The molecule has 1 aliphatic rings. The van der Waals surface area contributed by atoms with Gasteiger partial charge in [0.25, 0.3) is 0 Å². The summed E-state index contributed by atoms with van der Waals surface area (Å²) in [7, 11) is 0. The first kappa shape index (κ1) is 19.7. The van der Waals surface area contributed by atoms with Crippen LogP contribution in [0.25, 0.3) is 0 Å². The van der Waals surface area contributed by atoms with E-state index in [1.54, 1.807) is 0 Å². The van der Waals surface area contributed by atoms with Crippen molar-refractivity contribution in [3.8, 4) is 0 Å². The lowest BCUT2D eigenvalue weighted by Crippen LogP contribution is -2.25. The first-order valence-corrected chi connectivity index (χ1v) is 9.51. The van der Waals surface area contributed by atoms with Crippen LogP contribution in [0.3, 0.4) is 0 Å². The molecule has 1 aromatic rings. The molecule has 138 valence electrons. The van der Waals surface area contributed by atoms with Gasteiger partial charge in [-0.05, 0) is 75.6 Å². The smallest absolute Gasteiger partial charge is 0.0578 e. The Morgan fingerprint density at radius 1 is 1.20 bits per heavy atom. The molecular formula is C21H33N3O. The highest BCUT2D eigenvalue weighted by Gasteiger charge is 2.26. The first-order chi connectivity index (χ1) is 12.1. The Balaban J connectivity index is 2.16. The van der Waals surface area contributed by atoms with Gasteiger partial charge in [-0.1, -0.05) is 24.3 Å². The maximum absolute atomic E-state index is 8.77. The average Bonchev–Trinajstić information content (AvgIpc) is 2.57. The molecule has 0 aliphatic heterocycles. The maximum atomic E-state index is 8.77. The number of allylic oxidation sites excluding steroid dienone is 2. The average molecular weight is 344 g/mol. The van der Waals surface area contributed by atoms with E-state index >= 15 is 0 Å². The lowest BCUT2D eigenvalue weighted by Gasteiger charge is -2.28. The molecule has 0 radical (unpaired) electrons. The van der Waals surface area contributed by atoms with Crippen molar-refractivity contribution in [2.75, 3.05) is 13.2 Å². The third-order valence-electron chi connectivity index (χ3n) is 5.13. The van der Waals surface area contributed by atoms with E-state index in [0.29, 0.717) is 18.4 Å². The van der Waals surface area contributed by atoms with Gasteiger partial charge in [0.15, 0.2) is 0 Å². The predicted octanol–water partition coefficient (Wildman–Crippen LogP) is 3.77. The number of hydrogen-bond donors (Lipinski definition) is 3. The van der Waals surface area contributed by atoms with Gasteiger partial charge in [0.05, 0.1) is 6.10 Å². The SMILES string of the molecule is CCOC1CCCC(C(=N)c2ccc(CCN)cc2)/C(=C(/C)N)CC1. The highest BCUT2D eigenvalue weighted by Crippen LogP contribution is 2.32. The molecule has 4 heteroatoms. The van der Waals surface area contributed by atoms with Crippen LogP contribution in [0.4, 0.5) is 0 Å². The van der Waals surface area contributed by atoms with Crippen molar-refractivity contribution in [2.24, 2.45) is 17.4 Å². The van der Waals surface area contributed by atoms with Crippen molar-refractivity contribution < 1.29 is 4.74 Å². The van der Waals surface area contributed by atoms with Gasteiger partial charge < -0.3 is 21.6 Å². The van der Waals surface area contributed by atoms with E-state index in [9.17, 15) is 0 Å². The molecule has 1 aromatic carbocycles. The number of hydrogen-bond acceptors (Lipinski definition) is 4. The summed E-state index contributed by atoms with van der Waals surface area (Å²) < 4.78 is 5.84. The van der Waals surface area contributed by atoms with Crippen LogP contribution < -0.4 is 11.5 Å². The summed E-state index contributed by atoms with van der Waals surface area (Å²) in [5, 5.41) is 8.77. The largest absolute Gasteiger partial charge is 0.402 e. The molecule has 2 atom stereocenters. The molecule has 0 aromatic heterocycles. The molecule has 0 spiro atoms. The van der Waals surface area contributed by atoms with E-state index in [2.05, 4.69) is 31.2 Å². The number of rotatable bonds is 6. The molecule has 0 heterocycles. The van der Waals surface area contributed by atoms with Gasteiger partial charge in [-0.25, -0.2) is 0 Å². The van der Waals surface area contributed by atoms with Crippen LogP contribution in [0.5, 0.6) is 0 Å². The van der Waals surface area contributed by atoms with Crippen LogP contribution in [-0.2, 0) is 11.2 Å². The van der Waals surface area contributed by atoms with E-state index < -0.39 is 0 Å². The van der Waals surface area contributed by atoms with Crippen molar-refractivity contribution in [1.82, 2.24) is 0 Å². The zero-order valence-corrected chi connectivity index (χ0v) is 15.7. The normalized spacial score (nSPS) is 23.6. The highest BCUT2D eigenvalue weighted by atomic mass is 16.5. The minimum absolute atomic E-state index is 0.118. The molecule has 4 nitrogen and oxygen atoms in total. The topological polar surface area (TPSA) is 85.1 Å². The van der Waals surface area contributed by atoms with Crippen LogP contribution in [0, 0.1) is 11.3 Å². The highest BCUT2D eigenvalue weighted by molar-refractivity contribution is 6.01. The van der Waals surface area contributed by atoms with Crippen LogP contribution in [-0.4, -0.2) is 25.0 Å². The standard InChI is InChI=1S/C21H33N3O/c1-3-25-18-5-4-6-20(19(12-11-18)15(2)23)21(24)17-9-7-16(8-10-17)13-14-22/h7-10,18,20,24H,3-6,11-14,22-23H2,1-2H3/b19-15-,24-21?. The Hall–Kier alpha value is -1.65. The van der Waals surface area contributed by atoms with E-state index in [-0.39, 0.29) is 5.92 Å². The third kappa shape index (κ3) is 5.41. The minimum atomic E-state index is 0.118. The zero-order chi connectivity index (χ0) is 18.2. The van der Waals surface area contributed by atoms with Crippen molar-refractivity contribution in [3.63, 3.8) is 0 Å². The number of nitrogens with two attached hydrogens (primary N) is 2. The summed E-state index contributed by atoms with van der Waals surface area (Å²) >= 11 is 0. The second-order valence-electron chi connectivity index (χ2n) is 6.96. The number of benzene rings is 1. The Bertz CT molecular complexity index is 588. The molecule has 1 saturated carbocycles. The molecule has 0 bridgehead atoms. The Morgan fingerprint density at radius 3 is 2.52 bits per heavy atom. The van der Waals surface area contributed by atoms with Gasteiger partial charge >= 0.3 is 0 Å². The van der Waals surface area contributed by atoms with Crippen molar-refractivity contribution in [2.45, 2.75) is 58.5 Å². The van der Waals surface area contributed by atoms with E-state index in [1.807, 2.05) is 6.92 Å². The monoisotopic (exact) mass is 343 g/mol. The van der Waals surface area contributed by atoms with E-state index in [1.165, 1.54) is 11.1 Å². The van der Waals surface area contributed by atoms with Crippen LogP contribution in [0.15, 0.2) is 35.5 Å². The van der Waals surface area contributed by atoms with Gasteiger partial charge in [-0.2, -0.15) is 0 Å². The van der Waals surface area contributed by atoms with Gasteiger partial charge in [0.1, 0.15) is 0 Å². The molecule has 25 heavy (non-hydrogen) atoms. The Morgan fingerprint density at radius 2 is 1.92 bits per heavy atom. The maximum Gasteiger partial charge on any atom is 0.0578 e. The summed E-state index contributed by atoms with van der Waals surface area (Å²) in [5.41, 5.74) is 16.8. The van der Waals surface area contributed by atoms with Crippen LogP contribution in [0.2, 0.25) is 0 Å². The summed E-state index contributed by atoms with van der Waals surface area (Å²) in [6, 6.07) is 8.28. The van der Waals surface area contributed by atoms with Crippen LogP contribution in [0.1, 0.15) is 57.1 Å². The number of ether oxygens (including phenoxy) is 1. The van der Waals surface area contributed by atoms with E-state index in [0.717, 1.165) is 56.4 Å². The second kappa shape index (κ2) is 9.73. The van der Waals surface area contributed by atoms with Gasteiger partial charge in [0, 0.05) is 23.9 Å². The molecule has 1 fully saturated rings. The fourth-order valence-corrected chi connectivity index (χ4v) is 3.77. The fourth-order valence-electron chi connectivity index (χ4n) is 3.77. The Kier molecular flexibility index (Phi) is 7.66. The molecule has 2 unspecified atom stereocenters. The van der Waals surface area contributed by atoms with E-state index in [4.69, 9.17) is 21.6 Å². The molecule has 5 N–H and O–H groups in total. The lowest BCUT2D eigenvalue weighted by atomic mass is 9.79. The fraction of sp³-hybridized carbons (Fsp3) is 0.571. The van der Waals surface area contributed by atoms with Crippen molar-refractivity contribution in [1.29, 1.82) is 5.41 Å². The van der Waals surface area contributed by atoms with Gasteiger partial charge in [-0.15, -0.1) is 0 Å². The molecule has 0 saturated heterocycles. The Labute approximate surface area is 152 Å². The molecule has 0 amide bonds. The van der Waals surface area contributed by atoms with Crippen molar-refractivity contribution in [3.05, 3.63) is 46.7 Å². The predicted molar refractivity (Wildman–Crippen MR) is 105 cm³/mol. The lowest BCUT2D eigenvalue weighted by molar-refractivity contribution is 0.0464. The molecule has 1 aliphatic carbocycles. The quantitative estimate of drug-likeness (QED) is 0.687. The van der Waals surface area contributed by atoms with Crippen molar-refractivity contribution >= 4 is 5.71 Å². The first-order valence-electron chi connectivity index (χ1n) is 9.51. The second-order valence-corrected chi connectivity index (χ2v) is 6.96. The summed E-state index contributed by atoms with van der Waals surface area (Å²) in [4.78, 5) is 0. The number of nitrogens with one attached hydrogen (secondary N) is 1. The van der Waals surface area contributed by atoms with Gasteiger partial charge in [-0.3, -0.25) is 0 Å². The third-order valence-corrected chi connectivity index (χ3v) is 5.13. The summed E-state index contributed by atoms with van der Waals surface area (Å²) in [6.45, 7) is 5.44. The molecule has 2 rings (SSSR count). The van der Waals surface area contributed by atoms with Crippen LogP contribution >= 0.6 is 0 Å². The minimum Gasteiger partial charge on any atom is -0.402 e.